The number of aromatic carboxylic acids is 1. The first-order valence-corrected chi connectivity index (χ1v) is 5.73. The molecule has 1 aromatic rings. The first-order valence-electron chi connectivity index (χ1n) is 5.73. The molecule has 0 bridgehead atoms. The van der Waals surface area contributed by atoms with Gasteiger partial charge in [0.25, 0.3) is 6.43 Å². The number of hydrogen-bond donors (Lipinski definition) is 1. The SMILES string of the molecule is O=C(O)c1nnn(CC(=O)N2CCCC2)c1C(F)F. The fourth-order valence-electron chi connectivity index (χ4n) is 2.00. The molecule has 0 aromatic carbocycles. The fraction of sp³-hybridized carbons (Fsp3) is 0.600. The predicted octanol–water partition coefficient (Wildman–Crippen LogP) is 0.536. The van der Waals surface area contributed by atoms with Crippen LogP contribution in [0.5, 0.6) is 0 Å². The zero-order valence-electron chi connectivity index (χ0n) is 9.92. The lowest BCUT2D eigenvalue weighted by Crippen LogP contribution is -2.32. The number of carboxylic acids is 1. The Balaban J connectivity index is 2.20. The van der Waals surface area contributed by atoms with E-state index >= 15 is 0 Å². The molecule has 9 heteroatoms. The third kappa shape index (κ3) is 2.69. The Morgan fingerprint density at radius 1 is 1.32 bits per heavy atom. The largest absolute Gasteiger partial charge is 0.476 e. The predicted molar refractivity (Wildman–Crippen MR) is 57.8 cm³/mol. The number of likely N-dealkylation sites (tertiary alicyclic amines) is 1. The summed E-state index contributed by atoms with van der Waals surface area (Å²) in [5.41, 5.74) is -1.65. The molecule has 0 radical (unpaired) electrons. The van der Waals surface area contributed by atoms with Crippen LogP contribution in [0.15, 0.2) is 0 Å². The lowest BCUT2D eigenvalue weighted by molar-refractivity contribution is -0.131. The van der Waals surface area contributed by atoms with Gasteiger partial charge in [0.05, 0.1) is 0 Å². The maximum atomic E-state index is 12.8. The van der Waals surface area contributed by atoms with E-state index in [4.69, 9.17) is 5.11 Å². The molecule has 7 nitrogen and oxygen atoms in total. The average molecular weight is 274 g/mol. The highest BCUT2D eigenvalue weighted by Crippen LogP contribution is 2.21. The third-order valence-corrected chi connectivity index (χ3v) is 2.93. The van der Waals surface area contributed by atoms with Gasteiger partial charge in [0.2, 0.25) is 5.91 Å². The van der Waals surface area contributed by atoms with Gasteiger partial charge in [0.15, 0.2) is 5.69 Å². The van der Waals surface area contributed by atoms with Crippen molar-refractivity contribution in [2.45, 2.75) is 25.8 Å². The van der Waals surface area contributed by atoms with E-state index in [0.29, 0.717) is 17.8 Å². The molecule has 2 heterocycles. The van der Waals surface area contributed by atoms with Crippen LogP contribution in [0.4, 0.5) is 8.78 Å². The second kappa shape index (κ2) is 5.29. The zero-order valence-corrected chi connectivity index (χ0v) is 9.92. The summed E-state index contributed by atoms with van der Waals surface area (Å²) >= 11 is 0. The van der Waals surface area contributed by atoms with Crippen molar-refractivity contribution < 1.29 is 23.5 Å². The van der Waals surface area contributed by atoms with Crippen molar-refractivity contribution in [3.8, 4) is 0 Å². The lowest BCUT2D eigenvalue weighted by Gasteiger charge is -2.15. The van der Waals surface area contributed by atoms with Gasteiger partial charge in [-0.2, -0.15) is 0 Å². The number of halogens is 2. The first-order chi connectivity index (χ1) is 9.00. The van der Waals surface area contributed by atoms with Crippen molar-refractivity contribution in [3.05, 3.63) is 11.4 Å². The van der Waals surface area contributed by atoms with Crippen molar-refractivity contribution >= 4 is 11.9 Å². The van der Waals surface area contributed by atoms with E-state index in [1.165, 1.54) is 4.90 Å². The van der Waals surface area contributed by atoms with Crippen LogP contribution in [0.1, 0.15) is 35.4 Å². The third-order valence-electron chi connectivity index (χ3n) is 2.93. The highest BCUT2D eigenvalue weighted by Gasteiger charge is 2.28. The molecule has 1 N–H and O–H groups in total. The topological polar surface area (TPSA) is 88.3 Å². The lowest BCUT2D eigenvalue weighted by atomic mass is 10.3. The second-order valence-electron chi connectivity index (χ2n) is 4.17. The minimum absolute atomic E-state index is 0.360. The number of carbonyl (C=O) groups is 2. The number of hydrogen-bond acceptors (Lipinski definition) is 4. The minimum Gasteiger partial charge on any atom is -0.476 e. The Labute approximate surface area is 106 Å². The molecule has 1 aliphatic heterocycles. The highest BCUT2D eigenvalue weighted by atomic mass is 19.3. The molecule has 1 aromatic heterocycles. The standard InChI is InChI=1S/C10H12F2N4O3/c11-9(12)8-7(10(18)19)13-14-16(8)5-6(17)15-3-1-2-4-15/h9H,1-5H2,(H,18,19). The van der Waals surface area contributed by atoms with Crippen molar-refractivity contribution in [1.29, 1.82) is 0 Å². The number of amides is 1. The van der Waals surface area contributed by atoms with Gasteiger partial charge in [-0.15, -0.1) is 5.10 Å². The normalized spacial score (nSPS) is 15.2. The van der Waals surface area contributed by atoms with Crippen LogP contribution in [-0.2, 0) is 11.3 Å². The number of alkyl halides is 2. The number of aromatic nitrogens is 3. The van der Waals surface area contributed by atoms with Crippen LogP contribution >= 0.6 is 0 Å². The molecular formula is C10H12F2N4O3. The summed E-state index contributed by atoms with van der Waals surface area (Å²) in [6.07, 6.45) is -1.29. The molecule has 0 spiro atoms. The molecular weight excluding hydrogens is 262 g/mol. The van der Waals surface area contributed by atoms with E-state index in [1.807, 2.05) is 0 Å². The quantitative estimate of drug-likeness (QED) is 0.865. The highest BCUT2D eigenvalue weighted by molar-refractivity contribution is 5.86. The molecule has 0 saturated carbocycles. The van der Waals surface area contributed by atoms with Crippen molar-refractivity contribution in [3.63, 3.8) is 0 Å². The molecule has 2 rings (SSSR count). The van der Waals surface area contributed by atoms with Gasteiger partial charge in [-0.1, -0.05) is 5.21 Å². The van der Waals surface area contributed by atoms with Crippen molar-refractivity contribution in [1.82, 2.24) is 19.9 Å². The van der Waals surface area contributed by atoms with Crippen LogP contribution < -0.4 is 0 Å². The van der Waals surface area contributed by atoms with E-state index < -0.39 is 30.3 Å². The van der Waals surface area contributed by atoms with Gasteiger partial charge in [0, 0.05) is 13.1 Å². The Morgan fingerprint density at radius 2 is 1.95 bits per heavy atom. The van der Waals surface area contributed by atoms with E-state index in [1.54, 1.807) is 0 Å². The Kier molecular flexibility index (Phi) is 3.72. The molecule has 0 aliphatic carbocycles. The van der Waals surface area contributed by atoms with E-state index in [2.05, 4.69) is 10.3 Å². The molecule has 1 saturated heterocycles. The van der Waals surface area contributed by atoms with E-state index in [-0.39, 0.29) is 5.91 Å². The van der Waals surface area contributed by atoms with Crippen LogP contribution in [0, 0.1) is 0 Å². The zero-order chi connectivity index (χ0) is 14.0. The summed E-state index contributed by atoms with van der Waals surface area (Å²) < 4.78 is 26.3. The van der Waals surface area contributed by atoms with Crippen molar-refractivity contribution in [2.75, 3.05) is 13.1 Å². The molecule has 0 unspecified atom stereocenters. The molecule has 1 amide bonds. The second-order valence-corrected chi connectivity index (χ2v) is 4.17. The summed E-state index contributed by atoms with van der Waals surface area (Å²) in [5.74, 6) is -1.95. The number of carbonyl (C=O) groups excluding carboxylic acids is 1. The molecule has 0 atom stereocenters. The Hall–Kier alpha value is -2.06. The van der Waals surface area contributed by atoms with Gasteiger partial charge < -0.3 is 10.0 Å². The number of rotatable bonds is 4. The van der Waals surface area contributed by atoms with Crippen LogP contribution in [0.2, 0.25) is 0 Å². The van der Waals surface area contributed by atoms with Crippen LogP contribution in [0.25, 0.3) is 0 Å². The molecule has 1 aliphatic rings. The van der Waals surface area contributed by atoms with Gasteiger partial charge in [-0.05, 0) is 12.8 Å². The van der Waals surface area contributed by atoms with Gasteiger partial charge in [-0.25, -0.2) is 18.3 Å². The molecule has 104 valence electrons. The van der Waals surface area contributed by atoms with Gasteiger partial charge in [-0.3, -0.25) is 4.79 Å². The van der Waals surface area contributed by atoms with Crippen molar-refractivity contribution in [2.24, 2.45) is 0 Å². The first kappa shape index (κ1) is 13.4. The van der Waals surface area contributed by atoms with Crippen LogP contribution in [0.3, 0.4) is 0 Å². The van der Waals surface area contributed by atoms with Gasteiger partial charge in [0.1, 0.15) is 12.2 Å². The monoisotopic (exact) mass is 274 g/mol. The van der Waals surface area contributed by atoms with Gasteiger partial charge >= 0.3 is 5.97 Å². The minimum atomic E-state index is -3.05. The molecule has 1 fully saturated rings. The summed E-state index contributed by atoms with van der Waals surface area (Å²) in [7, 11) is 0. The maximum Gasteiger partial charge on any atom is 0.358 e. The number of carboxylic acid groups (broad SMARTS) is 1. The Bertz CT molecular complexity index is 497. The summed E-state index contributed by atoms with van der Waals surface area (Å²) in [4.78, 5) is 24.1. The maximum absolute atomic E-state index is 12.8. The van der Waals surface area contributed by atoms with E-state index in [0.717, 1.165) is 12.8 Å². The number of nitrogens with zero attached hydrogens (tertiary/aromatic N) is 4. The fourth-order valence-corrected chi connectivity index (χ4v) is 2.00. The summed E-state index contributed by atoms with van der Waals surface area (Å²) in [6, 6.07) is 0. The van der Waals surface area contributed by atoms with Crippen LogP contribution in [-0.4, -0.2) is 50.0 Å². The molecule has 19 heavy (non-hydrogen) atoms. The Morgan fingerprint density at radius 3 is 2.47 bits per heavy atom. The smallest absolute Gasteiger partial charge is 0.358 e. The van der Waals surface area contributed by atoms with E-state index in [9.17, 15) is 18.4 Å². The summed E-state index contributed by atoms with van der Waals surface area (Å²) in [5, 5.41) is 15.2. The average Bonchev–Trinajstić information content (AvgIpc) is 2.96. The summed E-state index contributed by atoms with van der Waals surface area (Å²) in [6.45, 7) is 0.757.